The summed E-state index contributed by atoms with van der Waals surface area (Å²) >= 11 is 0. The molecule has 3 heteroatoms. The van der Waals surface area contributed by atoms with Gasteiger partial charge in [0.15, 0.2) is 0 Å². The Morgan fingerprint density at radius 1 is 1.40 bits per heavy atom. The lowest BCUT2D eigenvalue weighted by atomic mass is 9.87. The molecule has 0 aliphatic carbocycles. The van der Waals surface area contributed by atoms with Crippen molar-refractivity contribution in [3.05, 3.63) is 34.1 Å². The van der Waals surface area contributed by atoms with Gasteiger partial charge in [0.2, 0.25) is 0 Å². The third kappa shape index (κ3) is 2.40. The molecule has 0 spiro atoms. The Morgan fingerprint density at radius 2 is 2.00 bits per heavy atom. The summed E-state index contributed by atoms with van der Waals surface area (Å²) in [5, 5.41) is 0. The van der Waals surface area contributed by atoms with Gasteiger partial charge in [-0.05, 0) is 43.9 Å². The topological polar surface area (TPSA) is 26.0 Å². The Kier molecular flexibility index (Phi) is 3.92. The van der Waals surface area contributed by atoms with Gasteiger partial charge in [0.1, 0.15) is 13.7 Å². The molecule has 1 unspecified atom stereocenters. The second-order valence-corrected chi connectivity index (χ2v) is 4.26. The molecule has 0 saturated carbocycles. The number of hydrogen-bond acceptors (Lipinski definition) is 1. The summed E-state index contributed by atoms with van der Waals surface area (Å²) in [4.78, 5) is 0. The zero-order valence-electron chi connectivity index (χ0n) is 10.0. The molecule has 0 aliphatic heterocycles. The van der Waals surface area contributed by atoms with E-state index in [2.05, 4.69) is 7.85 Å². The molecule has 0 heterocycles. The maximum Gasteiger partial charge on any atom is 0.131 e. The predicted octanol–water partition coefficient (Wildman–Crippen LogP) is 2.06. The van der Waals surface area contributed by atoms with Crippen LogP contribution in [0, 0.1) is 19.7 Å². The minimum Gasteiger partial charge on any atom is -0.324 e. The summed E-state index contributed by atoms with van der Waals surface area (Å²) in [5.74, 6) is -0.126. The zero-order chi connectivity index (χ0) is 11.6. The quantitative estimate of drug-likeness (QED) is 0.754. The van der Waals surface area contributed by atoms with Crippen molar-refractivity contribution in [1.29, 1.82) is 0 Å². The van der Waals surface area contributed by atoms with Crippen LogP contribution in [0.25, 0.3) is 0 Å². The van der Waals surface area contributed by atoms with E-state index in [9.17, 15) is 4.39 Å². The fourth-order valence-electron chi connectivity index (χ4n) is 2.09. The van der Waals surface area contributed by atoms with E-state index in [0.717, 1.165) is 23.9 Å². The summed E-state index contributed by atoms with van der Waals surface area (Å²) in [6.45, 7) is 5.67. The van der Waals surface area contributed by atoms with Crippen LogP contribution in [-0.2, 0) is 6.42 Å². The molecule has 0 aliphatic rings. The Bertz CT molecular complexity index is 361. The molecule has 0 aromatic heterocycles. The van der Waals surface area contributed by atoms with E-state index < -0.39 is 0 Å². The molecule has 0 fully saturated rings. The first kappa shape index (κ1) is 12.2. The molecule has 1 nitrogen and oxygen atoms in total. The standard InChI is InChI=1S/C12H19BFN/c1-7-6-8(2)12(14)11(9(3)15)10(7)4-5-13/h6,9H,4-5,13,15H2,1-3H3. The number of aryl methyl sites for hydroxylation is 2. The van der Waals surface area contributed by atoms with Crippen molar-refractivity contribution in [3.8, 4) is 0 Å². The van der Waals surface area contributed by atoms with E-state index in [1.54, 1.807) is 6.92 Å². The molecule has 2 N–H and O–H groups in total. The minimum absolute atomic E-state index is 0.126. The highest BCUT2D eigenvalue weighted by atomic mass is 19.1. The normalized spacial score (nSPS) is 12.9. The van der Waals surface area contributed by atoms with Gasteiger partial charge < -0.3 is 5.73 Å². The third-order valence-corrected chi connectivity index (χ3v) is 2.77. The molecular formula is C12H19BFN. The lowest BCUT2D eigenvalue weighted by Gasteiger charge is -2.18. The predicted molar refractivity (Wildman–Crippen MR) is 65.5 cm³/mol. The third-order valence-electron chi connectivity index (χ3n) is 2.77. The second-order valence-electron chi connectivity index (χ2n) is 4.26. The van der Waals surface area contributed by atoms with Gasteiger partial charge in [-0.1, -0.05) is 12.4 Å². The van der Waals surface area contributed by atoms with E-state index >= 15 is 0 Å². The number of benzene rings is 1. The Hall–Kier alpha value is -0.825. The van der Waals surface area contributed by atoms with Crippen LogP contribution in [0.3, 0.4) is 0 Å². The molecule has 1 aromatic carbocycles. The highest BCUT2D eigenvalue weighted by Gasteiger charge is 2.16. The van der Waals surface area contributed by atoms with Gasteiger partial charge >= 0.3 is 0 Å². The highest BCUT2D eigenvalue weighted by molar-refractivity contribution is 6.08. The average Bonchev–Trinajstić information content (AvgIpc) is 2.14. The maximum absolute atomic E-state index is 13.9. The first-order chi connectivity index (χ1) is 6.99. The number of nitrogens with two attached hydrogens (primary N) is 1. The minimum atomic E-state index is -0.231. The molecule has 0 saturated heterocycles. The Labute approximate surface area is 92.3 Å². The van der Waals surface area contributed by atoms with Gasteiger partial charge in [0.25, 0.3) is 0 Å². The van der Waals surface area contributed by atoms with Crippen molar-refractivity contribution in [3.63, 3.8) is 0 Å². The first-order valence-electron chi connectivity index (χ1n) is 5.53. The molecule has 0 radical (unpaired) electrons. The van der Waals surface area contributed by atoms with Crippen LogP contribution in [0.1, 0.15) is 35.2 Å². The van der Waals surface area contributed by atoms with Crippen LogP contribution in [0.4, 0.5) is 4.39 Å². The second kappa shape index (κ2) is 4.80. The van der Waals surface area contributed by atoms with E-state index in [1.807, 2.05) is 19.9 Å². The molecule has 82 valence electrons. The van der Waals surface area contributed by atoms with Gasteiger partial charge in [0, 0.05) is 11.6 Å². The largest absolute Gasteiger partial charge is 0.324 e. The molecule has 1 rings (SSSR count). The SMILES string of the molecule is BCCc1c(C)cc(C)c(F)c1C(C)N. The van der Waals surface area contributed by atoms with Crippen molar-refractivity contribution in [2.45, 2.75) is 39.6 Å². The summed E-state index contributed by atoms with van der Waals surface area (Å²) in [6.07, 6.45) is 1.92. The lowest BCUT2D eigenvalue weighted by Crippen LogP contribution is -2.13. The molecule has 1 atom stereocenters. The lowest BCUT2D eigenvalue weighted by molar-refractivity contribution is 0.580. The monoisotopic (exact) mass is 207 g/mol. The highest BCUT2D eigenvalue weighted by Crippen LogP contribution is 2.26. The van der Waals surface area contributed by atoms with E-state index in [4.69, 9.17) is 5.73 Å². The van der Waals surface area contributed by atoms with E-state index in [-0.39, 0.29) is 11.9 Å². The van der Waals surface area contributed by atoms with Crippen molar-refractivity contribution >= 4 is 7.85 Å². The summed E-state index contributed by atoms with van der Waals surface area (Å²) in [7, 11) is 2.10. The van der Waals surface area contributed by atoms with Crippen LogP contribution in [0.5, 0.6) is 0 Å². The van der Waals surface area contributed by atoms with Crippen molar-refractivity contribution in [1.82, 2.24) is 0 Å². The van der Waals surface area contributed by atoms with E-state index in [1.165, 1.54) is 0 Å². The fraction of sp³-hybridized carbons (Fsp3) is 0.500. The van der Waals surface area contributed by atoms with Crippen molar-refractivity contribution in [2.75, 3.05) is 0 Å². The molecule has 0 bridgehead atoms. The van der Waals surface area contributed by atoms with Crippen LogP contribution in [-0.4, -0.2) is 7.85 Å². The van der Waals surface area contributed by atoms with Crippen LogP contribution < -0.4 is 5.73 Å². The summed E-state index contributed by atoms with van der Waals surface area (Å²) < 4.78 is 13.9. The number of rotatable bonds is 3. The molecular weight excluding hydrogens is 188 g/mol. The fourth-order valence-corrected chi connectivity index (χ4v) is 2.09. The molecule has 15 heavy (non-hydrogen) atoms. The number of hydrogen-bond donors (Lipinski definition) is 1. The maximum atomic E-state index is 13.9. The van der Waals surface area contributed by atoms with Gasteiger partial charge in [-0.3, -0.25) is 0 Å². The summed E-state index contributed by atoms with van der Waals surface area (Å²) in [5.41, 5.74) is 9.49. The first-order valence-corrected chi connectivity index (χ1v) is 5.53. The van der Waals surface area contributed by atoms with Crippen LogP contribution >= 0.6 is 0 Å². The van der Waals surface area contributed by atoms with Crippen molar-refractivity contribution in [2.24, 2.45) is 5.73 Å². The summed E-state index contributed by atoms with van der Waals surface area (Å²) in [6, 6.07) is 1.68. The van der Waals surface area contributed by atoms with E-state index in [0.29, 0.717) is 11.1 Å². The molecule has 1 aromatic rings. The van der Waals surface area contributed by atoms with Crippen LogP contribution in [0.2, 0.25) is 6.32 Å². The van der Waals surface area contributed by atoms with Gasteiger partial charge in [0.05, 0.1) is 0 Å². The smallest absolute Gasteiger partial charge is 0.131 e. The zero-order valence-corrected chi connectivity index (χ0v) is 10.0. The van der Waals surface area contributed by atoms with Gasteiger partial charge in [-0.2, -0.15) is 0 Å². The Morgan fingerprint density at radius 3 is 2.47 bits per heavy atom. The van der Waals surface area contributed by atoms with Gasteiger partial charge in [-0.15, -0.1) is 0 Å². The average molecular weight is 207 g/mol. The van der Waals surface area contributed by atoms with Crippen LogP contribution in [0.15, 0.2) is 6.07 Å². The van der Waals surface area contributed by atoms with Crippen molar-refractivity contribution < 1.29 is 4.39 Å². The molecule has 0 amide bonds. The number of halogens is 1. The van der Waals surface area contributed by atoms with Gasteiger partial charge in [-0.25, -0.2) is 4.39 Å². The Balaban J connectivity index is 3.40.